The van der Waals surface area contributed by atoms with Gasteiger partial charge in [0.15, 0.2) is 5.69 Å². The summed E-state index contributed by atoms with van der Waals surface area (Å²) in [5.74, 6) is -2.20. The van der Waals surface area contributed by atoms with Gasteiger partial charge in [0.25, 0.3) is 0 Å². The molecular formula is C14H14FN3O3. The van der Waals surface area contributed by atoms with Crippen LogP contribution in [-0.2, 0) is 4.79 Å². The fourth-order valence-corrected chi connectivity index (χ4v) is 1.76. The molecule has 21 heavy (non-hydrogen) atoms. The van der Waals surface area contributed by atoms with Gasteiger partial charge in [-0.25, -0.2) is 9.18 Å². The van der Waals surface area contributed by atoms with Crippen LogP contribution in [0.5, 0.6) is 0 Å². The monoisotopic (exact) mass is 291 g/mol. The third-order valence-electron chi connectivity index (χ3n) is 2.98. The molecule has 1 atom stereocenters. The SMILES string of the molecule is Cc1ccc(F)c(NC(=O)C(C)n2ccc(C(=O)O)n2)c1. The average molecular weight is 291 g/mol. The Balaban J connectivity index is 2.15. The van der Waals surface area contributed by atoms with E-state index in [0.717, 1.165) is 5.56 Å². The average Bonchev–Trinajstić information content (AvgIpc) is 2.91. The van der Waals surface area contributed by atoms with Crippen molar-refractivity contribution in [1.82, 2.24) is 9.78 Å². The second-order valence-corrected chi connectivity index (χ2v) is 4.63. The Labute approximate surface area is 120 Å². The summed E-state index contributed by atoms with van der Waals surface area (Å²) < 4.78 is 14.8. The summed E-state index contributed by atoms with van der Waals surface area (Å²) in [4.78, 5) is 22.8. The fraction of sp³-hybridized carbons (Fsp3) is 0.214. The minimum Gasteiger partial charge on any atom is -0.476 e. The number of hydrogen-bond acceptors (Lipinski definition) is 3. The van der Waals surface area contributed by atoms with E-state index in [1.807, 2.05) is 0 Å². The molecule has 1 aromatic heterocycles. The maximum absolute atomic E-state index is 13.6. The van der Waals surface area contributed by atoms with Gasteiger partial charge in [-0.1, -0.05) is 6.07 Å². The molecule has 1 aromatic carbocycles. The lowest BCUT2D eigenvalue weighted by molar-refractivity contribution is -0.119. The zero-order valence-corrected chi connectivity index (χ0v) is 11.5. The Kier molecular flexibility index (Phi) is 4.02. The first-order valence-electron chi connectivity index (χ1n) is 6.24. The minimum atomic E-state index is -1.17. The first-order valence-corrected chi connectivity index (χ1v) is 6.24. The lowest BCUT2D eigenvalue weighted by atomic mass is 10.2. The molecule has 7 heteroatoms. The van der Waals surface area contributed by atoms with E-state index >= 15 is 0 Å². The number of amides is 1. The number of anilines is 1. The van der Waals surface area contributed by atoms with Crippen molar-refractivity contribution in [3.8, 4) is 0 Å². The van der Waals surface area contributed by atoms with Gasteiger partial charge in [0.1, 0.15) is 11.9 Å². The molecule has 6 nitrogen and oxygen atoms in total. The molecule has 0 radical (unpaired) electrons. The molecule has 2 N–H and O–H groups in total. The Bertz CT molecular complexity index is 697. The van der Waals surface area contributed by atoms with E-state index in [4.69, 9.17) is 5.11 Å². The highest BCUT2D eigenvalue weighted by Crippen LogP contribution is 2.17. The Morgan fingerprint density at radius 2 is 2.10 bits per heavy atom. The summed E-state index contributed by atoms with van der Waals surface area (Å²) in [6.45, 7) is 3.33. The lowest BCUT2D eigenvalue weighted by Gasteiger charge is -2.13. The van der Waals surface area contributed by atoms with Gasteiger partial charge < -0.3 is 10.4 Å². The summed E-state index contributed by atoms with van der Waals surface area (Å²) in [5.41, 5.74) is 0.737. The second-order valence-electron chi connectivity index (χ2n) is 4.63. The van der Waals surface area contributed by atoms with Crippen LogP contribution < -0.4 is 5.32 Å². The molecule has 0 spiro atoms. The largest absolute Gasteiger partial charge is 0.476 e. The van der Waals surface area contributed by atoms with Crippen LogP contribution in [0.2, 0.25) is 0 Å². The Morgan fingerprint density at radius 1 is 1.38 bits per heavy atom. The molecular weight excluding hydrogens is 277 g/mol. The third-order valence-corrected chi connectivity index (χ3v) is 2.98. The molecule has 2 aromatic rings. The van der Waals surface area contributed by atoms with Crippen molar-refractivity contribution < 1.29 is 19.1 Å². The summed E-state index contributed by atoms with van der Waals surface area (Å²) >= 11 is 0. The smallest absolute Gasteiger partial charge is 0.356 e. The van der Waals surface area contributed by atoms with Crippen molar-refractivity contribution in [3.63, 3.8) is 0 Å². The highest BCUT2D eigenvalue weighted by atomic mass is 19.1. The van der Waals surface area contributed by atoms with Gasteiger partial charge in [0.05, 0.1) is 5.69 Å². The lowest BCUT2D eigenvalue weighted by Crippen LogP contribution is -2.24. The third kappa shape index (κ3) is 3.25. The van der Waals surface area contributed by atoms with E-state index in [1.54, 1.807) is 19.9 Å². The number of carboxylic acid groups (broad SMARTS) is 1. The van der Waals surface area contributed by atoms with E-state index in [9.17, 15) is 14.0 Å². The van der Waals surface area contributed by atoms with E-state index in [1.165, 1.54) is 29.1 Å². The van der Waals surface area contributed by atoms with E-state index in [-0.39, 0.29) is 11.4 Å². The van der Waals surface area contributed by atoms with Gasteiger partial charge in [-0.2, -0.15) is 5.10 Å². The van der Waals surface area contributed by atoms with Crippen LogP contribution in [0.4, 0.5) is 10.1 Å². The van der Waals surface area contributed by atoms with Crippen molar-refractivity contribution >= 4 is 17.6 Å². The van der Waals surface area contributed by atoms with Gasteiger partial charge in [-0.15, -0.1) is 0 Å². The van der Waals surface area contributed by atoms with Crippen LogP contribution in [0.25, 0.3) is 0 Å². The number of aromatic carboxylic acids is 1. The van der Waals surface area contributed by atoms with Crippen molar-refractivity contribution in [2.75, 3.05) is 5.32 Å². The number of aromatic nitrogens is 2. The molecule has 0 saturated carbocycles. The van der Waals surface area contributed by atoms with Crippen LogP contribution in [0.15, 0.2) is 30.5 Å². The number of rotatable bonds is 4. The first kappa shape index (κ1) is 14.7. The highest BCUT2D eigenvalue weighted by Gasteiger charge is 2.19. The maximum atomic E-state index is 13.6. The summed E-state index contributed by atoms with van der Waals surface area (Å²) in [6.07, 6.45) is 1.39. The summed E-state index contributed by atoms with van der Waals surface area (Å²) in [6, 6.07) is 4.91. The topological polar surface area (TPSA) is 84.2 Å². The van der Waals surface area contributed by atoms with Crippen LogP contribution in [0, 0.1) is 12.7 Å². The van der Waals surface area contributed by atoms with E-state index in [2.05, 4.69) is 10.4 Å². The van der Waals surface area contributed by atoms with Gasteiger partial charge in [-0.05, 0) is 37.6 Å². The zero-order valence-electron chi connectivity index (χ0n) is 11.5. The van der Waals surface area contributed by atoms with E-state index in [0.29, 0.717) is 0 Å². The number of carbonyl (C=O) groups excluding carboxylic acids is 1. The van der Waals surface area contributed by atoms with Gasteiger partial charge in [0.2, 0.25) is 5.91 Å². The van der Waals surface area contributed by atoms with Crippen LogP contribution in [-0.4, -0.2) is 26.8 Å². The molecule has 0 saturated heterocycles. The summed E-state index contributed by atoms with van der Waals surface area (Å²) in [7, 11) is 0. The van der Waals surface area contributed by atoms with E-state index < -0.39 is 23.7 Å². The second kappa shape index (κ2) is 5.74. The highest BCUT2D eigenvalue weighted by molar-refractivity contribution is 5.93. The normalized spacial score (nSPS) is 12.0. The van der Waals surface area contributed by atoms with Gasteiger partial charge in [0, 0.05) is 6.20 Å². The molecule has 2 rings (SSSR count). The van der Waals surface area contributed by atoms with Crippen molar-refractivity contribution in [2.24, 2.45) is 0 Å². The number of carbonyl (C=O) groups is 2. The first-order chi connectivity index (χ1) is 9.88. The Morgan fingerprint density at radius 3 is 2.71 bits per heavy atom. The molecule has 1 heterocycles. The molecule has 110 valence electrons. The van der Waals surface area contributed by atoms with Crippen molar-refractivity contribution in [2.45, 2.75) is 19.9 Å². The standard InChI is InChI=1S/C14H14FN3O3/c1-8-3-4-10(15)12(7-8)16-13(19)9(2)18-6-5-11(17-18)14(20)21/h3-7,9H,1-2H3,(H,16,19)(H,20,21). The predicted molar refractivity (Wildman–Crippen MR) is 73.7 cm³/mol. The number of benzene rings is 1. The number of hydrogen-bond donors (Lipinski definition) is 2. The zero-order chi connectivity index (χ0) is 15.6. The molecule has 1 unspecified atom stereocenters. The maximum Gasteiger partial charge on any atom is 0.356 e. The molecule has 0 fully saturated rings. The van der Waals surface area contributed by atoms with Crippen LogP contribution >= 0.6 is 0 Å². The Hall–Kier alpha value is -2.70. The van der Waals surface area contributed by atoms with Gasteiger partial charge in [-0.3, -0.25) is 9.48 Å². The number of carboxylic acids is 1. The predicted octanol–water partition coefficient (Wildman–Crippen LogP) is 2.23. The summed E-state index contributed by atoms with van der Waals surface area (Å²) in [5, 5.41) is 15.0. The number of nitrogens with one attached hydrogen (secondary N) is 1. The minimum absolute atomic E-state index is 0.0810. The van der Waals surface area contributed by atoms with Crippen molar-refractivity contribution in [1.29, 1.82) is 0 Å². The molecule has 0 aliphatic rings. The molecule has 0 bridgehead atoms. The van der Waals surface area contributed by atoms with Crippen molar-refractivity contribution in [3.05, 3.63) is 47.5 Å². The molecule has 0 aliphatic heterocycles. The number of aryl methyl sites for hydroxylation is 1. The van der Waals surface area contributed by atoms with Crippen LogP contribution in [0.1, 0.15) is 29.0 Å². The number of halogens is 1. The molecule has 0 aliphatic carbocycles. The quantitative estimate of drug-likeness (QED) is 0.904. The molecule has 1 amide bonds. The van der Waals surface area contributed by atoms with Gasteiger partial charge >= 0.3 is 5.97 Å². The van der Waals surface area contributed by atoms with Crippen LogP contribution in [0.3, 0.4) is 0 Å². The fourth-order valence-electron chi connectivity index (χ4n) is 1.76. The number of nitrogens with zero attached hydrogens (tertiary/aromatic N) is 2.